The van der Waals surface area contributed by atoms with Crippen LogP contribution >= 0.6 is 11.8 Å². The molecule has 3 heterocycles. The maximum atomic E-state index is 12.8. The van der Waals surface area contributed by atoms with Crippen molar-refractivity contribution < 1.29 is 14.3 Å². The number of ether oxygens (including phenoxy) is 1. The number of nitriles is 1. The Bertz CT molecular complexity index is 931. The van der Waals surface area contributed by atoms with Gasteiger partial charge in [-0.2, -0.15) is 5.26 Å². The minimum atomic E-state index is -0.420. The van der Waals surface area contributed by atoms with E-state index < -0.39 is 6.04 Å². The van der Waals surface area contributed by atoms with Crippen molar-refractivity contribution in [3.05, 3.63) is 46.8 Å². The van der Waals surface area contributed by atoms with Crippen molar-refractivity contribution >= 4 is 29.7 Å². The van der Waals surface area contributed by atoms with Gasteiger partial charge in [0.1, 0.15) is 6.04 Å². The molecule has 3 aliphatic rings. The predicted molar refractivity (Wildman–Crippen MR) is 115 cm³/mol. The van der Waals surface area contributed by atoms with Gasteiger partial charge in [0.25, 0.3) is 5.91 Å². The van der Waals surface area contributed by atoms with Crippen molar-refractivity contribution in [3.8, 4) is 6.07 Å². The number of carbonyl (C=O) groups is 2. The Hall–Kier alpha value is -2.63. The molecule has 0 saturated carbocycles. The molecule has 1 atom stereocenters. The van der Waals surface area contributed by atoms with Gasteiger partial charge >= 0.3 is 0 Å². The Morgan fingerprint density at radius 3 is 3.00 bits per heavy atom. The first-order valence-corrected chi connectivity index (χ1v) is 11.3. The van der Waals surface area contributed by atoms with Crippen molar-refractivity contribution in [2.75, 3.05) is 31.4 Å². The number of fused-ring (bicyclic) bond motifs is 1. The Morgan fingerprint density at radius 2 is 2.20 bits per heavy atom. The van der Waals surface area contributed by atoms with Gasteiger partial charge in [-0.1, -0.05) is 12.2 Å². The van der Waals surface area contributed by atoms with Gasteiger partial charge in [-0.3, -0.25) is 14.6 Å². The molecule has 0 aromatic carbocycles. The summed E-state index contributed by atoms with van der Waals surface area (Å²) in [6.07, 6.45) is 10.6. The second-order valence-electron chi connectivity index (χ2n) is 7.61. The van der Waals surface area contributed by atoms with Gasteiger partial charge in [-0.25, -0.2) is 0 Å². The van der Waals surface area contributed by atoms with Crippen molar-refractivity contribution in [1.82, 2.24) is 15.2 Å². The van der Waals surface area contributed by atoms with Crippen LogP contribution < -0.4 is 5.32 Å². The van der Waals surface area contributed by atoms with Crippen LogP contribution in [0.25, 0.3) is 6.08 Å². The Labute approximate surface area is 180 Å². The number of pyridine rings is 1. The number of allylic oxidation sites excluding steroid dienone is 3. The second kappa shape index (κ2) is 9.45. The van der Waals surface area contributed by atoms with Crippen LogP contribution in [0.4, 0.5) is 0 Å². The van der Waals surface area contributed by atoms with Crippen LogP contribution in [0.5, 0.6) is 0 Å². The fraction of sp³-hybridized carbons (Fsp3) is 0.455. The van der Waals surface area contributed by atoms with E-state index in [-0.39, 0.29) is 18.4 Å². The SMILES string of the molecule is N#C[C@@H]1CSCN1C(=O)CNC(=O)c1ccnc2c1CC(=CC1CCOCC1)C=C2. The van der Waals surface area contributed by atoms with E-state index in [4.69, 9.17) is 10.00 Å². The van der Waals surface area contributed by atoms with Gasteiger partial charge in [0.15, 0.2) is 0 Å². The van der Waals surface area contributed by atoms with E-state index >= 15 is 0 Å². The number of hydrogen-bond acceptors (Lipinski definition) is 6. The zero-order valence-electron chi connectivity index (χ0n) is 16.7. The van der Waals surface area contributed by atoms with Crippen molar-refractivity contribution in [2.24, 2.45) is 5.92 Å². The van der Waals surface area contributed by atoms with Crippen molar-refractivity contribution in [1.29, 1.82) is 5.26 Å². The fourth-order valence-corrected chi connectivity index (χ4v) is 5.05. The second-order valence-corrected chi connectivity index (χ2v) is 8.61. The molecule has 7 nitrogen and oxygen atoms in total. The highest BCUT2D eigenvalue weighted by molar-refractivity contribution is 7.99. The topological polar surface area (TPSA) is 95.3 Å². The third kappa shape index (κ3) is 4.58. The molecular weight excluding hydrogens is 400 g/mol. The summed E-state index contributed by atoms with van der Waals surface area (Å²) in [6.45, 7) is 1.47. The molecular formula is C22H24N4O3S. The molecule has 4 rings (SSSR count). The molecule has 8 heteroatoms. The third-order valence-corrected chi connectivity index (χ3v) is 6.65. The van der Waals surface area contributed by atoms with Crippen LogP contribution in [-0.2, 0) is 16.0 Å². The molecule has 1 aromatic rings. The zero-order chi connectivity index (χ0) is 20.9. The molecule has 30 heavy (non-hydrogen) atoms. The summed E-state index contributed by atoms with van der Waals surface area (Å²) in [7, 11) is 0. The zero-order valence-corrected chi connectivity index (χ0v) is 17.5. The van der Waals surface area contributed by atoms with Gasteiger partial charge in [-0.15, -0.1) is 11.8 Å². The quantitative estimate of drug-likeness (QED) is 0.796. The summed E-state index contributed by atoms with van der Waals surface area (Å²) < 4.78 is 5.43. The lowest BCUT2D eigenvalue weighted by Gasteiger charge is -2.22. The average molecular weight is 425 g/mol. The molecule has 2 amide bonds. The summed E-state index contributed by atoms with van der Waals surface area (Å²) in [5, 5.41) is 11.9. The lowest BCUT2D eigenvalue weighted by Crippen LogP contribution is -2.42. The maximum absolute atomic E-state index is 12.8. The van der Waals surface area contributed by atoms with Crippen LogP contribution in [0.2, 0.25) is 0 Å². The van der Waals surface area contributed by atoms with E-state index in [1.807, 2.05) is 6.08 Å². The Kier molecular flexibility index (Phi) is 6.50. The summed E-state index contributed by atoms with van der Waals surface area (Å²) in [6, 6.07) is 3.42. The van der Waals surface area contributed by atoms with E-state index in [0.29, 0.717) is 29.5 Å². The summed E-state index contributed by atoms with van der Waals surface area (Å²) in [5.74, 6) is 1.08. The van der Waals surface area contributed by atoms with Gasteiger partial charge < -0.3 is 15.0 Å². The minimum absolute atomic E-state index is 0.116. The summed E-state index contributed by atoms with van der Waals surface area (Å²) in [5.41, 5.74) is 3.40. The number of hydrogen-bond donors (Lipinski definition) is 1. The van der Waals surface area contributed by atoms with E-state index in [2.05, 4.69) is 28.5 Å². The maximum Gasteiger partial charge on any atom is 0.252 e. The van der Waals surface area contributed by atoms with E-state index in [9.17, 15) is 9.59 Å². The molecule has 1 aliphatic carbocycles. The van der Waals surface area contributed by atoms with Crippen LogP contribution in [0.15, 0.2) is 30.0 Å². The molecule has 2 fully saturated rings. The number of nitrogens with one attached hydrogen (secondary N) is 1. The highest BCUT2D eigenvalue weighted by Gasteiger charge is 2.29. The molecule has 0 unspecified atom stereocenters. The molecule has 0 radical (unpaired) electrons. The monoisotopic (exact) mass is 424 g/mol. The Morgan fingerprint density at radius 1 is 1.37 bits per heavy atom. The molecule has 0 spiro atoms. The first-order chi connectivity index (χ1) is 14.7. The lowest BCUT2D eigenvalue weighted by molar-refractivity contribution is -0.129. The Balaban J connectivity index is 1.44. The number of nitrogens with zero attached hydrogens (tertiary/aromatic N) is 3. The van der Waals surface area contributed by atoms with Crippen molar-refractivity contribution in [3.63, 3.8) is 0 Å². The van der Waals surface area contributed by atoms with Crippen LogP contribution in [0, 0.1) is 17.2 Å². The number of thioether (sulfide) groups is 1. The van der Waals surface area contributed by atoms with Gasteiger partial charge in [0.05, 0.1) is 24.2 Å². The number of rotatable bonds is 4. The van der Waals surface area contributed by atoms with E-state index in [1.54, 1.807) is 24.0 Å². The van der Waals surface area contributed by atoms with Crippen LogP contribution in [0.1, 0.15) is 34.5 Å². The summed E-state index contributed by atoms with van der Waals surface area (Å²) >= 11 is 1.55. The minimum Gasteiger partial charge on any atom is -0.381 e. The largest absolute Gasteiger partial charge is 0.381 e. The normalized spacial score (nSPS) is 22.6. The lowest BCUT2D eigenvalue weighted by atomic mass is 9.89. The number of carbonyl (C=O) groups excluding carboxylic acids is 2. The number of amides is 2. The predicted octanol–water partition coefficient (Wildman–Crippen LogP) is 2.16. The van der Waals surface area contributed by atoms with E-state index in [0.717, 1.165) is 37.3 Å². The first-order valence-electron chi connectivity index (χ1n) is 10.1. The molecule has 1 aromatic heterocycles. The molecule has 0 bridgehead atoms. The highest BCUT2D eigenvalue weighted by atomic mass is 32.2. The fourth-order valence-electron chi connectivity index (χ4n) is 3.95. The standard InChI is InChI=1S/C22H24N4O3S/c23-11-17-13-30-14-26(17)21(27)12-25-22(28)18-3-6-24-20-2-1-16(10-19(18)20)9-15-4-7-29-8-5-15/h1-3,6,9,15,17H,4-5,7-8,10,12-14H2,(H,25,28)/t17-/m1/s1. The van der Waals surface area contributed by atoms with Crippen LogP contribution in [-0.4, -0.2) is 59.1 Å². The highest BCUT2D eigenvalue weighted by Crippen LogP contribution is 2.27. The van der Waals surface area contributed by atoms with Gasteiger partial charge in [0.2, 0.25) is 5.91 Å². The average Bonchev–Trinajstić information content (AvgIpc) is 3.26. The van der Waals surface area contributed by atoms with Crippen molar-refractivity contribution in [2.45, 2.75) is 25.3 Å². The van der Waals surface area contributed by atoms with E-state index in [1.165, 1.54) is 10.5 Å². The van der Waals surface area contributed by atoms with Gasteiger partial charge in [0, 0.05) is 37.1 Å². The number of aromatic nitrogens is 1. The molecule has 2 aliphatic heterocycles. The molecule has 1 N–H and O–H groups in total. The third-order valence-electron chi connectivity index (χ3n) is 5.64. The summed E-state index contributed by atoms with van der Waals surface area (Å²) in [4.78, 5) is 31.2. The smallest absolute Gasteiger partial charge is 0.252 e. The van der Waals surface area contributed by atoms with Crippen LogP contribution in [0.3, 0.4) is 0 Å². The molecule has 156 valence electrons. The molecule has 2 saturated heterocycles. The van der Waals surface area contributed by atoms with Gasteiger partial charge in [-0.05, 0) is 42.0 Å². The first kappa shape index (κ1) is 20.6.